The predicted octanol–water partition coefficient (Wildman–Crippen LogP) is 4.65. The van der Waals surface area contributed by atoms with E-state index in [2.05, 4.69) is 42.0 Å². The van der Waals surface area contributed by atoms with E-state index in [4.69, 9.17) is 4.98 Å². The van der Waals surface area contributed by atoms with Gasteiger partial charge in [0.05, 0.1) is 18.1 Å². The molecule has 13 heteroatoms. The fraction of sp³-hybridized carbons (Fsp3) is 0.229. The van der Waals surface area contributed by atoms with Crippen molar-refractivity contribution in [3.05, 3.63) is 103 Å². The molecule has 2 fully saturated rings. The summed E-state index contributed by atoms with van der Waals surface area (Å²) in [6.45, 7) is 2.34. The number of carbonyl (C=O) groups excluding carboxylic acids is 2. The van der Waals surface area contributed by atoms with Gasteiger partial charge in [0.2, 0.25) is 11.9 Å². The number of amides is 3. The first-order valence-corrected chi connectivity index (χ1v) is 15.6. The van der Waals surface area contributed by atoms with Crippen LogP contribution in [0.15, 0.2) is 91.5 Å². The zero-order chi connectivity index (χ0) is 33.1. The molecule has 1 spiro atoms. The topological polar surface area (TPSA) is 157 Å². The minimum absolute atomic E-state index is 0.0654. The van der Waals surface area contributed by atoms with Gasteiger partial charge in [0.15, 0.2) is 5.82 Å². The van der Waals surface area contributed by atoms with Gasteiger partial charge < -0.3 is 20.9 Å². The van der Waals surface area contributed by atoms with E-state index in [1.165, 1.54) is 11.1 Å². The van der Waals surface area contributed by atoms with Crippen molar-refractivity contribution < 1.29 is 9.59 Å². The van der Waals surface area contributed by atoms with Crippen LogP contribution < -0.4 is 25.8 Å². The standard InChI is InChI=1S/C35H33N11O2/c1-44-21-27(20-41-44)25-7-12-30(37-18-25)46(34(48)39-17-24-5-3-2-4-6-24)29-10-8-28(9-11-29)42-33-38-19-26(16-36)32(43-33)45-14-13-35(23-45)15-31(47)40-22-35/h2-12,18-21H,13-15,17,22-23H2,1H3,(H,39,48)(H,40,47)(H,38,42,43). The number of pyridine rings is 1. The first kappa shape index (κ1) is 30.4. The number of aryl methyl sites for hydroxylation is 1. The maximum absolute atomic E-state index is 13.7. The highest BCUT2D eigenvalue weighted by molar-refractivity contribution is 5.98. The van der Waals surface area contributed by atoms with E-state index in [0.717, 1.165) is 23.1 Å². The summed E-state index contributed by atoms with van der Waals surface area (Å²) >= 11 is 0. The van der Waals surface area contributed by atoms with Crippen molar-refractivity contribution in [1.29, 1.82) is 5.26 Å². The molecule has 3 amide bonds. The van der Waals surface area contributed by atoms with Gasteiger partial charge in [0.1, 0.15) is 17.5 Å². The van der Waals surface area contributed by atoms with Crippen molar-refractivity contribution in [3.8, 4) is 17.2 Å². The van der Waals surface area contributed by atoms with E-state index >= 15 is 0 Å². The third-order valence-electron chi connectivity index (χ3n) is 8.71. The molecule has 5 aromatic rings. The number of nitrogens with zero attached hydrogens (tertiary/aromatic N) is 8. The van der Waals surface area contributed by atoms with Crippen molar-refractivity contribution in [2.24, 2.45) is 12.5 Å². The Morgan fingerprint density at radius 3 is 2.56 bits per heavy atom. The van der Waals surface area contributed by atoms with Crippen molar-refractivity contribution in [3.63, 3.8) is 0 Å². The number of aromatic nitrogens is 5. The first-order valence-electron chi connectivity index (χ1n) is 15.6. The molecule has 2 aliphatic rings. The molecule has 7 rings (SSSR count). The van der Waals surface area contributed by atoms with Crippen molar-refractivity contribution in [2.75, 3.05) is 34.8 Å². The number of hydrogen-bond acceptors (Lipinski definition) is 9. The Bertz CT molecular complexity index is 1990. The van der Waals surface area contributed by atoms with Gasteiger partial charge in [-0.1, -0.05) is 30.3 Å². The molecule has 2 saturated heterocycles. The van der Waals surface area contributed by atoms with Gasteiger partial charge in [-0.25, -0.2) is 19.7 Å². The SMILES string of the molecule is Cn1cc(-c2ccc(N(C(=O)NCc3ccccc3)c3ccc(Nc4ncc(C#N)c(N5CCC6(CNC(=O)C6)C5)n4)cc3)nc2)cn1. The van der Waals surface area contributed by atoms with Crippen LogP contribution in [-0.4, -0.2) is 56.3 Å². The second-order valence-corrected chi connectivity index (χ2v) is 12.1. The Balaban J connectivity index is 1.11. The molecule has 0 aliphatic carbocycles. The minimum atomic E-state index is -0.330. The highest BCUT2D eigenvalue weighted by Gasteiger charge is 2.44. The largest absolute Gasteiger partial charge is 0.355 e. The van der Waals surface area contributed by atoms with Crippen molar-refractivity contribution in [1.82, 2.24) is 35.4 Å². The molecule has 3 aromatic heterocycles. The average molecular weight is 640 g/mol. The lowest BCUT2D eigenvalue weighted by Crippen LogP contribution is -2.37. The Labute approximate surface area is 277 Å². The van der Waals surface area contributed by atoms with Gasteiger partial charge in [-0.05, 0) is 48.4 Å². The zero-order valence-electron chi connectivity index (χ0n) is 26.3. The van der Waals surface area contributed by atoms with Crippen LogP contribution in [-0.2, 0) is 18.4 Å². The van der Waals surface area contributed by atoms with Crippen molar-refractivity contribution >= 4 is 40.9 Å². The van der Waals surface area contributed by atoms with E-state index < -0.39 is 0 Å². The summed E-state index contributed by atoms with van der Waals surface area (Å²) in [6.07, 6.45) is 8.25. The van der Waals surface area contributed by atoms with E-state index in [1.54, 1.807) is 17.1 Å². The number of nitriles is 1. The highest BCUT2D eigenvalue weighted by Crippen LogP contribution is 2.39. The quantitative estimate of drug-likeness (QED) is 0.220. The molecule has 13 nitrogen and oxygen atoms in total. The lowest BCUT2D eigenvalue weighted by Gasteiger charge is -2.23. The number of benzene rings is 2. The van der Waals surface area contributed by atoms with Crippen LogP contribution in [0.25, 0.3) is 11.1 Å². The number of hydrogen-bond donors (Lipinski definition) is 3. The second kappa shape index (κ2) is 12.8. The summed E-state index contributed by atoms with van der Waals surface area (Å²) in [5, 5.41) is 23.2. The molecule has 3 N–H and O–H groups in total. The first-order chi connectivity index (χ1) is 23.4. The van der Waals surface area contributed by atoms with Crippen molar-refractivity contribution in [2.45, 2.75) is 19.4 Å². The molecule has 2 aromatic carbocycles. The van der Waals surface area contributed by atoms with Gasteiger partial charge in [-0.15, -0.1) is 0 Å². The maximum Gasteiger partial charge on any atom is 0.327 e. The number of carbonyl (C=O) groups is 2. The third kappa shape index (κ3) is 6.36. The molecule has 0 radical (unpaired) electrons. The maximum atomic E-state index is 13.7. The molecule has 5 heterocycles. The molecule has 2 aliphatic heterocycles. The van der Waals surface area contributed by atoms with Gasteiger partial charge in [-0.2, -0.15) is 15.3 Å². The average Bonchev–Trinajstić information content (AvgIpc) is 3.85. The van der Waals surface area contributed by atoms with E-state index in [0.29, 0.717) is 67.1 Å². The van der Waals surface area contributed by atoms with Gasteiger partial charge in [0.25, 0.3) is 0 Å². The third-order valence-corrected chi connectivity index (χ3v) is 8.71. The van der Waals surface area contributed by atoms with Gasteiger partial charge in [0, 0.05) is 74.3 Å². The second-order valence-electron chi connectivity index (χ2n) is 12.1. The summed E-state index contributed by atoms with van der Waals surface area (Å²) in [4.78, 5) is 42.9. The normalized spacial score (nSPS) is 16.8. The molecule has 48 heavy (non-hydrogen) atoms. The smallest absolute Gasteiger partial charge is 0.327 e. The Morgan fingerprint density at radius 1 is 1.04 bits per heavy atom. The highest BCUT2D eigenvalue weighted by atomic mass is 16.2. The summed E-state index contributed by atoms with van der Waals surface area (Å²) in [7, 11) is 1.86. The fourth-order valence-electron chi connectivity index (χ4n) is 6.20. The number of rotatable bonds is 8. The lowest BCUT2D eigenvalue weighted by molar-refractivity contribution is -0.119. The Hall–Kier alpha value is -6.29. The van der Waals surface area contributed by atoms with Crippen LogP contribution in [0, 0.1) is 16.7 Å². The molecule has 0 saturated carbocycles. The van der Waals surface area contributed by atoms with E-state index in [-0.39, 0.29) is 17.4 Å². The lowest BCUT2D eigenvalue weighted by atomic mass is 9.86. The Kier molecular flexibility index (Phi) is 8.12. The summed E-state index contributed by atoms with van der Waals surface area (Å²) in [6, 6.07) is 22.6. The number of nitrogens with one attached hydrogen (secondary N) is 3. The molecule has 240 valence electrons. The van der Waals surface area contributed by atoms with Crippen LogP contribution in [0.4, 0.5) is 33.8 Å². The molecular weight excluding hydrogens is 606 g/mol. The van der Waals surface area contributed by atoms with E-state index in [9.17, 15) is 14.9 Å². The number of urea groups is 1. The van der Waals surface area contributed by atoms with Crippen LogP contribution in [0.5, 0.6) is 0 Å². The Morgan fingerprint density at radius 2 is 1.88 bits per heavy atom. The summed E-state index contributed by atoms with van der Waals surface area (Å²) in [5.74, 6) is 1.40. The van der Waals surface area contributed by atoms with Gasteiger partial charge >= 0.3 is 6.03 Å². The van der Waals surface area contributed by atoms with Gasteiger partial charge in [-0.3, -0.25) is 9.48 Å². The van der Waals surface area contributed by atoms with Crippen LogP contribution >= 0.6 is 0 Å². The summed E-state index contributed by atoms with van der Waals surface area (Å²) in [5.41, 5.74) is 4.34. The fourth-order valence-corrected chi connectivity index (χ4v) is 6.20. The van der Waals surface area contributed by atoms with Crippen LogP contribution in [0.2, 0.25) is 0 Å². The molecule has 1 unspecified atom stereocenters. The number of anilines is 5. The van der Waals surface area contributed by atoms with E-state index in [1.807, 2.05) is 80.0 Å². The van der Waals surface area contributed by atoms with Crippen LogP contribution in [0.3, 0.4) is 0 Å². The molecule has 1 atom stereocenters. The molecule has 0 bridgehead atoms. The predicted molar refractivity (Wildman–Crippen MR) is 181 cm³/mol. The monoisotopic (exact) mass is 639 g/mol. The minimum Gasteiger partial charge on any atom is -0.355 e. The van der Waals surface area contributed by atoms with Crippen LogP contribution in [0.1, 0.15) is 24.0 Å². The molecular formula is C35H33N11O2. The summed E-state index contributed by atoms with van der Waals surface area (Å²) < 4.78 is 1.73. The zero-order valence-corrected chi connectivity index (χ0v) is 26.3.